The molecule has 0 aliphatic heterocycles. The summed E-state index contributed by atoms with van der Waals surface area (Å²) in [6.07, 6.45) is 1.52. The van der Waals surface area contributed by atoms with Crippen LogP contribution in [0.1, 0.15) is 0 Å². The number of anilines is 1. The zero-order valence-corrected chi connectivity index (χ0v) is 10.9. The molecule has 0 fully saturated rings. The van der Waals surface area contributed by atoms with Crippen LogP contribution in [0.25, 0.3) is 10.9 Å². The van der Waals surface area contributed by atoms with Crippen LogP contribution in [0.15, 0.2) is 24.5 Å². The van der Waals surface area contributed by atoms with Crippen molar-refractivity contribution in [2.24, 2.45) is 0 Å². The van der Waals surface area contributed by atoms with Gasteiger partial charge in [0.1, 0.15) is 18.0 Å². The summed E-state index contributed by atoms with van der Waals surface area (Å²) in [5, 5.41) is 0.749. The SMILES string of the molecule is CN(C)CCN(C)c1ncnc2ccc(F)cc12. The van der Waals surface area contributed by atoms with Gasteiger partial charge in [-0.05, 0) is 32.3 Å². The number of aromatic nitrogens is 2. The monoisotopic (exact) mass is 248 g/mol. The Morgan fingerprint density at radius 1 is 1.11 bits per heavy atom. The Morgan fingerprint density at radius 2 is 1.89 bits per heavy atom. The molecule has 0 bridgehead atoms. The molecule has 96 valence electrons. The van der Waals surface area contributed by atoms with Crippen molar-refractivity contribution in [2.45, 2.75) is 0 Å². The molecule has 0 saturated heterocycles. The lowest BCUT2D eigenvalue weighted by molar-refractivity contribution is 0.416. The van der Waals surface area contributed by atoms with Crippen LogP contribution in [0, 0.1) is 5.82 Å². The standard InChI is InChI=1S/C13H17FN4/c1-17(2)6-7-18(3)13-11-8-10(14)4-5-12(11)15-9-16-13/h4-5,8-9H,6-7H2,1-3H3. The van der Waals surface area contributed by atoms with E-state index in [-0.39, 0.29) is 5.82 Å². The van der Waals surface area contributed by atoms with Gasteiger partial charge in [-0.2, -0.15) is 0 Å². The molecular weight excluding hydrogens is 231 g/mol. The van der Waals surface area contributed by atoms with Crippen molar-refractivity contribution in [3.8, 4) is 0 Å². The van der Waals surface area contributed by atoms with Crippen LogP contribution in [0.4, 0.5) is 10.2 Å². The van der Waals surface area contributed by atoms with Crippen LogP contribution in [-0.2, 0) is 0 Å². The lowest BCUT2D eigenvalue weighted by Gasteiger charge is -2.21. The van der Waals surface area contributed by atoms with Crippen LogP contribution in [0.5, 0.6) is 0 Å². The van der Waals surface area contributed by atoms with E-state index in [9.17, 15) is 4.39 Å². The van der Waals surface area contributed by atoms with Gasteiger partial charge in [0.15, 0.2) is 0 Å². The zero-order valence-electron chi connectivity index (χ0n) is 10.9. The molecule has 0 aliphatic carbocycles. The van der Waals surface area contributed by atoms with Gasteiger partial charge in [0.05, 0.1) is 5.52 Å². The summed E-state index contributed by atoms with van der Waals surface area (Å²) in [6, 6.07) is 4.57. The van der Waals surface area contributed by atoms with E-state index < -0.39 is 0 Å². The number of hydrogen-bond donors (Lipinski definition) is 0. The highest BCUT2D eigenvalue weighted by Gasteiger charge is 2.09. The summed E-state index contributed by atoms with van der Waals surface area (Å²) in [6.45, 7) is 1.74. The Morgan fingerprint density at radius 3 is 2.61 bits per heavy atom. The highest BCUT2D eigenvalue weighted by atomic mass is 19.1. The number of hydrogen-bond acceptors (Lipinski definition) is 4. The molecule has 0 radical (unpaired) electrons. The number of fused-ring (bicyclic) bond motifs is 1. The molecule has 0 amide bonds. The van der Waals surface area contributed by atoms with Crippen molar-refractivity contribution in [3.05, 3.63) is 30.3 Å². The lowest BCUT2D eigenvalue weighted by Crippen LogP contribution is -2.29. The molecule has 2 rings (SSSR count). The van der Waals surface area contributed by atoms with Crippen LogP contribution in [-0.4, -0.2) is 49.1 Å². The van der Waals surface area contributed by atoms with E-state index >= 15 is 0 Å². The summed E-state index contributed by atoms with van der Waals surface area (Å²) in [5.41, 5.74) is 0.762. The zero-order chi connectivity index (χ0) is 13.1. The fourth-order valence-electron chi connectivity index (χ4n) is 1.78. The first-order valence-electron chi connectivity index (χ1n) is 5.84. The minimum absolute atomic E-state index is 0.264. The smallest absolute Gasteiger partial charge is 0.139 e. The fourth-order valence-corrected chi connectivity index (χ4v) is 1.78. The Hall–Kier alpha value is -1.75. The van der Waals surface area contributed by atoms with E-state index in [1.807, 2.05) is 26.0 Å². The molecule has 1 heterocycles. The largest absolute Gasteiger partial charge is 0.358 e. The van der Waals surface area contributed by atoms with Gasteiger partial charge in [-0.25, -0.2) is 14.4 Å². The molecule has 5 heteroatoms. The summed E-state index contributed by atoms with van der Waals surface area (Å²) >= 11 is 0. The Kier molecular flexibility index (Phi) is 3.72. The molecular formula is C13H17FN4. The summed E-state index contributed by atoms with van der Waals surface area (Å²) in [4.78, 5) is 12.5. The maximum absolute atomic E-state index is 13.3. The van der Waals surface area contributed by atoms with Crippen molar-refractivity contribution in [3.63, 3.8) is 0 Å². The molecule has 2 aromatic rings. The predicted molar refractivity (Wildman–Crippen MR) is 71.3 cm³/mol. The number of nitrogens with zero attached hydrogens (tertiary/aromatic N) is 4. The Labute approximate surface area is 106 Å². The molecule has 18 heavy (non-hydrogen) atoms. The summed E-state index contributed by atoms with van der Waals surface area (Å²) < 4.78 is 13.3. The van der Waals surface area contributed by atoms with Gasteiger partial charge < -0.3 is 9.80 Å². The molecule has 0 aliphatic rings. The molecule has 0 saturated carbocycles. The van der Waals surface area contributed by atoms with E-state index in [1.54, 1.807) is 6.07 Å². The first-order chi connectivity index (χ1) is 8.58. The second kappa shape index (κ2) is 5.27. The van der Waals surface area contributed by atoms with Gasteiger partial charge in [-0.15, -0.1) is 0 Å². The van der Waals surface area contributed by atoms with E-state index in [4.69, 9.17) is 0 Å². The first-order valence-corrected chi connectivity index (χ1v) is 5.84. The third kappa shape index (κ3) is 2.73. The number of benzene rings is 1. The van der Waals surface area contributed by atoms with Gasteiger partial charge >= 0.3 is 0 Å². The van der Waals surface area contributed by atoms with Gasteiger partial charge in [0, 0.05) is 25.5 Å². The molecule has 1 aromatic heterocycles. The van der Waals surface area contributed by atoms with Crippen molar-refractivity contribution >= 4 is 16.7 Å². The van der Waals surface area contributed by atoms with Gasteiger partial charge in [-0.3, -0.25) is 0 Å². The molecule has 0 N–H and O–H groups in total. The number of likely N-dealkylation sites (N-methyl/N-ethyl adjacent to an activating group) is 2. The van der Waals surface area contributed by atoms with Crippen molar-refractivity contribution in [2.75, 3.05) is 39.1 Å². The van der Waals surface area contributed by atoms with Crippen LogP contribution in [0.2, 0.25) is 0 Å². The minimum Gasteiger partial charge on any atom is -0.358 e. The molecule has 0 atom stereocenters. The second-order valence-corrected chi connectivity index (χ2v) is 4.58. The van der Waals surface area contributed by atoms with E-state index in [0.717, 1.165) is 29.8 Å². The van der Waals surface area contributed by atoms with Crippen molar-refractivity contribution in [1.29, 1.82) is 0 Å². The van der Waals surface area contributed by atoms with Gasteiger partial charge in [0.25, 0.3) is 0 Å². The first kappa shape index (κ1) is 12.7. The summed E-state index contributed by atoms with van der Waals surface area (Å²) in [5.74, 6) is 0.501. The molecule has 4 nitrogen and oxygen atoms in total. The van der Waals surface area contributed by atoms with Crippen LogP contribution in [0.3, 0.4) is 0 Å². The van der Waals surface area contributed by atoms with E-state index in [2.05, 4.69) is 14.9 Å². The third-order valence-corrected chi connectivity index (χ3v) is 2.82. The number of rotatable bonds is 4. The second-order valence-electron chi connectivity index (χ2n) is 4.58. The topological polar surface area (TPSA) is 32.3 Å². The quantitative estimate of drug-likeness (QED) is 0.825. The fraction of sp³-hybridized carbons (Fsp3) is 0.385. The average molecular weight is 248 g/mol. The van der Waals surface area contributed by atoms with Gasteiger partial charge in [-0.1, -0.05) is 0 Å². The van der Waals surface area contributed by atoms with E-state index in [1.165, 1.54) is 18.5 Å². The minimum atomic E-state index is -0.264. The Balaban J connectivity index is 2.34. The highest BCUT2D eigenvalue weighted by molar-refractivity contribution is 5.89. The van der Waals surface area contributed by atoms with Gasteiger partial charge in [0.2, 0.25) is 0 Å². The average Bonchev–Trinajstić information content (AvgIpc) is 2.35. The molecule has 1 aromatic carbocycles. The van der Waals surface area contributed by atoms with Crippen LogP contribution < -0.4 is 4.90 Å². The van der Waals surface area contributed by atoms with Crippen molar-refractivity contribution < 1.29 is 4.39 Å². The molecule has 0 spiro atoms. The maximum atomic E-state index is 13.3. The third-order valence-electron chi connectivity index (χ3n) is 2.82. The highest BCUT2D eigenvalue weighted by Crippen LogP contribution is 2.22. The van der Waals surface area contributed by atoms with Crippen LogP contribution >= 0.6 is 0 Å². The molecule has 0 unspecified atom stereocenters. The van der Waals surface area contributed by atoms with Crippen molar-refractivity contribution in [1.82, 2.24) is 14.9 Å². The maximum Gasteiger partial charge on any atom is 0.139 e. The lowest BCUT2D eigenvalue weighted by atomic mass is 10.2. The Bertz CT molecular complexity index is 542. The summed E-state index contributed by atoms with van der Waals surface area (Å²) in [7, 11) is 5.99. The normalized spacial score (nSPS) is 11.2. The predicted octanol–water partition coefficient (Wildman–Crippen LogP) is 1.77. The van der Waals surface area contributed by atoms with E-state index in [0.29, 0.717) is 0 Å². The number of halogens is 1.